The third-order valence-corrected chi connectivity index (χ3v) is 2.61. The maximum Gasteiger partial charge on any atom is 0.341 e. The van der Waals surface area contributed by atoms with E-state index < -0.39 is 5.97 Å². The zero-order valence-electron chi connectivity index (χ0n) is 10.8. The molecule has 100 valence electrons. The Hall–Kier alpha value is -2.94. The van der Waals surface area contributed by atoms with Gasteiger partial charge in [-0.25, -0.2) is 14.8 Å². The van der Waals surface area contributed by atoms with E-state index in [1.165, 1.54) is 7.11 Å². The SMILES string of the molecule is COC(=O)c1cccnc1NCc1ccnc(C#N)c1. The number of hydrogen-bond acceptors (Lipinski definition) is 6. The lowest BCUT2D eigenvalue weighted by atomic mass is 10.2. The summed E-state index contributed by atoms with van der Waals surface area (Å²) in [6, 6.07) is 8.73. The molecular formula is C14H12N4O2. The van der Waals surface area contributed by atoms with E-state index in [-0.39, 0.29) is 0 Å². The molecule has 2 rings (SSSR count). The maximum absolute atomic E-state index is 11.6. The van der Waals surface area contributed by atoms with Gasteiger partial charge in [0.2, 0.25) is 0 Å². The van der Waals surface area contributed by atoms with E-state index in [9.17, 15) is 4.79 Å². The van der Waals surface area contributed by atoms with Crippen molar-refractivity contribution in [3.63, 3.8) is 0 Å². The highest BCUT2D eigenvalue weighted by Gasteiger charge is 2.11. The van der Waals surface area contributed by atoms with Crippen LogP contribution in [0.2, 0.25) is 0 Å². The molecule has 0 aliphatic carbocycles. The number of nitriles is 1. The van der Waals surface area contributed by atoms with Crippen LogP contribution in [0.25, 0.3) is 0 Å². The van der Waals surface area contributed by atoms with Crippen molar-refractivity contribution in [1.82, 2.24) is 9.97 Å². The van der Waals surface area contributed by atoms with E-state index in [0.717, 1.165) is 5.56 Å². The molecule has 2 heterocycles. The van der Waals surface area contributed by atoms with Crippen LogP contribution in [0.1, 0.15) is 21.6 Å². The van der Waals surface area contributed by atoms with E-state index in [1.807, 2.05) is 6.07 Å². The summed E-state index contributed by atoms with van der Waals surface area (Å²) in [6.07, 6.45) is 3.15. The first kappa shape index (κ1) is 13.5. The van der Waals surface area contributed by atoms with Gasteiger partial charge in [0.1, 0.15) is 23.1 Å². The third-order valence-electron chi connectivity index (χ3n) is 2.61. The topological polar surface area (TPSA) is 87.9 Å². The highest BCUT2D eigenvalue weighted by Crippen LogP contribution is 2.14. The molecule has 20 heavy (non-hydrogen) atoms. The number of carbonyl (C=O) groups is 1. The molecule has 0 saturated heterocycles. The average Bonchev–Trinajstić information content (AvgIpc) is 2.52. The molecule has 0 saturated carbocycles. The molecule has 0 atom stereocenters. The summed E-state index contributed by atoms with van der Waals surface area (Å²) in [5, 5.41) is 11.8. The zero-order valence-corrected chi connectivity index (χ0v) is 10.8. The number of esters is 1. The number of nitrogens with one attached hydrogen (secondary N) is 1. The van der Waals surface area contributed by atoms with E-state index in [0.29, 0.717) is 23.6 Å². The predicted molar refractivity (Wildman–Crippen MR) is 71.9 cm³/mol. The monoisotopic (exact) mass is 268 g/mol. The van der Waals surface area contributed by atoms with Crippen molar-refractivity contribution >= 4 is 11.8 Å². The van der Waals surface area contributed by atoms with Crippen LogP contribution in [0.5, 0.6) is 0 Å². The molecule has 6 nitrogen and oxygen atoms in total. The Morgan fingerprint density at radius 2 is 2.25 bits per heavy atom. The van der Waals surface area contributed by atoms with Crippen LogP contribution < -0.4 is 5.32 Å². The number of methoxy groups -OCH3 is 1. The highest BCUT2D eigenvalue weighted by molar-refractivity contribution is 5.94. The molecule has 0 aromatic carbocycles. The number of carbonyl (C=O) groups excluding carboxylic acids is 1. The Bertz CT molecular complexity index is 664. The molecule has 0 aliphatic rings. The van der Waals surface area contributed by atoms with Gasteiger partial charge in [-0.1, -0.05) is 0 Å². The molecule has 6 heteroatoms. The van der Waals surface area contributed by atoms with Crippen LogP contribution in [0.3, 0.4) is 0 Å². The van der Waals surface area contributed by atoms with Crippen molar-refractivity contribution in [3.05, 3.63) is 53.5 Å². The van der Waals surface area contributed by atoms with Crippen LogP contribution in [-0.4, -0.2) is 23.0 Å². The minimum absolute atomic E-state index is 0.346. The summed E-state index contributed by atoms with van der Waals surface area (Å²) >= 11 is 0. The van der Waals surface area contributed by atoms with E-state index in [2.05, 4.69) is 15.3 Å². The zero-order chi connectivity index (χ0) is 14.4. The Kier molecular flexibility index (Phi) is 4.24. The second-order valence-electron chi connectivity index (χ2n) is 3.91. The van der Waals surface area contributed by atoms with Gasteiger partial charge in [0.25, 0.3) is 0 Å². The molecule has 0 radical (unpaired) electrons. The first-order chi connectivity index (χ1) is 9.74. The standard InChI is InChI=1S/C14H12N4O2/c1-20-14(19)12-3-2-5-17-13(12)18-9-10-4-6-16-11(7-10)8-15/h2-7H,9H2,1H3,(H,17,18). The fourth-order valence-corrected chi connectivity index (χ4v) is 1.65. The molecule has 0 amide bonds. The van der Waals surface area contributed by atoms with Gasteiger partial charge in [0, 0.05) is 18.9 Å². The van der Waals surface area contributed by atoms with E-state index in [4.69, 9.17) is 10.00 Å². The number of anilines is 1. The van der Waals surface area contributed by atoms with Crippen molar-refractivity contribution in [1.29, 1.82) is 5.26 Å². The average molecular weight is 268 g/mol. The third kappa shape index (κ3) is 3.09. The minimum Gasteiger partial charge on any atom is -0.465 e. The molecule has 0 bridgehead atoms. The van der Waals surface area contributed by atoms with E-state index in [1.54, 1.807) is 36.7 Å². The number of pyridine rings is 2. The summed E-state index contributed by atoms with van der Waals surface area (Å²) in [4.78, 5) is 19.6. The molecule has 1 N–H and O–H groups in total. The lowest BCUT2D eigenvalue weighted by Gasteiger charge is -2.09. The Morgan fingerprint density at radius 1 is 1.40 bits per heavy atom. The first-order valence-corrected chi connectivity index (χ1v) is 5.87. The van der Waals surface area contributed by atoms with Gasteiger partial charge >= 0.3 is 5.97 Å². The second-order valence-corrected chi connectivity index (χ2v) is 3.91. The Labute approximate surface area is 116 Å². The predicted octanol–water partition coefficient (Wildman–Crippen LogP) is 1.75. The quantitative estimate of drug-likeness (QED) is 0.850. The summed E-state index contributed by atoms with van der Waals surface area (Å²) < 4.78 is 4.69. The van der Waals surface area contributed by atoms with Crippen LogP contribution >= 0.6 is 0 Å². The Balaban J connectivity index is 2.15. The van der Waals surface area contributed by atoms with Crippen molar-refractivity contribution < 1.29 is 9.53 Å². The summed E-state index contributed by atoms with van der Waals surface area (Å²) in [6.45, 7) is 0.429. The molecule has 0 unspecified atom stereocenters. The summed E-state index contributed by atoms with van der Waals surface area (Å²) in [7, 11) is 1.32. The fraction of sp³-hybridized carbons (Fsp3) is 0.143. The number of hydrogen-bond donors (Lipinski definition) is 1. The molecule has 2 aromatic heterocycles. The van der Waals surface area contributed by atoms with Gasteiger partial charge in [-0.3, -0.25) is 0 Å². The maximum atomic E-state index is 11.6. The van der Waals surface area contributed by atoms with Crippen LogP contribution in [0, 0.1) is 11.3 Å². The molecule has 0 spiro atoms. The summed E-state index contributed by atoms with van der Waals surface area (Å²) in [5.74, 6) is -0.0114. The van der Waals surface area contributed by atoms with Gasteiger partial charge in [-0.05, 0) is 29.8 Å². The first-order valence-electron chi connectivity index (χ1n) is 5.87. The van der Waals surface area contributed by atoms with Crippen LogP contribution in [0.15, 0.2) is 36.7 Å². The Morgan fingerprint density at radius 3 is 3.00 bits per heavy atom. The van der Waals surface area contributed by atoms with Gasteiger partial charge in [0.05, 0.1) is 7.11 Å². The highest BCUT2D eigenvalue weighted by atomic mass is 16.5. The lowest BCUT2D eigenvalue weighted by molar-refractivity contribution is 0.0601. The van der Waals surface area contributed by atoms with Gasteiger partial charge in [0.15, 0.2) is 0 Å². The summed E-state index contributed by atoms with van der Waals surface area (Å²) in [5.41, 5.74) is 1.58. The van der Waals surface area contributed by atoms with Crippen molar-refractivity contribution in [2.45, 2.75) is 6.54 Å². The largest absolute Gasteiger partial charge is 0.465 e. The normalized spacial score (nSPS) is 9.60. The molecular weight excluding hydrogens is 256 g/mol. The molecule has 2 aromatic rings. The van der Waals surface area contributed by atoms with Gasteiger partial charge in [-0.15, -0.1) is 0 Å². The van der Waals surface area contributed by atoms with Crippen molar-refractivity contribution in [2.24, 2.45) is 0 Å². The van der Waals surface area contributed by atoms with E-state index >= 15 is 0 Å². The van der Waals surface area contributed by atoms with Crippen molar-refractivity contribution in [3.8, 4) is 6.07 Å². The lowest BCUT2D eigenvalue weighted by Crippen LogP contribution is -2.09. The second kappa shape index (κ2) is 6.29. The number of rotatable bonds is 4. The van der Waals surface area contributed by atoms with Crippen molar-refractivity contribution in [2.75, 3.05) is 12.4 Å². The van der Waals surface area contributed by atoms with Gasteiger partial charge in [-0.2, -0.15) is 5.26 Å². The van der Waals surface area contributed by atoms with Gasteiger partial charge < -0.3 is 10.1 Å². The number of nitrogens with zero attached hydrogens (tertiary/aromatic N) is 3. The molecule has 0 fully saturated rings. The van der Waals surface area contributed by atoms with Crippen LogP contribution in [-0.2, 0) is 11.3 Å². The number of ether oxygens (including phenoxy) is 1. The van der Waals surface area contributed by atoms with Crippen LogP contribution in [0.4, 0.5) is 5.82 Å². The molecule has 0 aliphatic heterocycles. The minimum atomic E-state index is -0.451. The fourth-order valence-electron chi connectivity index (χ4n) is 1.65. The number of aromatic nitrogens is 2. The smallest absolute Gasteiger partial charge is 0.341 e.